The third kappa shape index (κ3) is 3.65. The first-order valence-electron chi connectivity index (χ1n) is 10.5. The second-order valence-corrected chi connectivity index (χ2v) is 9.13. The van der Waals surface area contributed by atoms with Gasteiger partial charge in [0.2, 0.25) is 16.9 Å². The Hall–Kier alpha value is -2.36. The van der Waals surface area contributed by atoms with Gasteiger partial charge < -0.3 is 4.90 Å². The number of nitrogens with zero attached hydrogens (tertiary/aromatic N) is 7. The van der Waals surface area contributed by atoms with E-state index in [4.69, 9.17) is 0 Å². The highest BCUT2D eigenvalue weighted by Crippen LogP contribution is 2.38. The van der Waals surface area contributed by atoms with Gasteiger partial charge in [0.05, 0.1) is 12.5 Å². The molecule has 4 heterocycles. The Morgan fingerprint density at radius 1 is 1.21 bits per heavy atom. The molecule has 3 aliphatic rings. The Morgan fingerprint density at radius 3 is 2.86 bits per heavy atom. The van der Waals surface area contributed by atoms with Crippen LogP contribution in [-0.2, 0) is 29.0 Å². The van der Waals surface area contributed by atoms with E-state index in [1.165, 1.54) is 24.2 Å². The summed E-state index contributed by atoms with van der Waals surface area (Å²) in [6.07, 6.45) is 5.19. The Kier molecular flexibility index (Phi) is 4.81. The molecular formula is C19H25N7O2S. The van der Waals surface area contributed by atoms with E-state index >= 15 is 0 Å². The van der Waals surface area contributed by atoms with Crippen molar-refractivity contribution in [2.24, 2.45) is 5.92 Å². The molecule has 0 bridgehead atoms. The fourth-order valence-corrected chi connectivity index (χ4v) is 5.01. The number of hydrogen-bond acceptors (Lipinski definition) is 7. The van der Waals surface area contributed by atoms with E-state index in [0.717, 1.165) is 29.5 Å². The lowest BCUT2D eigenvalue weighted by molar-refractivity contribution is -0.135. The van der Waals surface area contributed by atoms with Gasteiger partial charge in [0.1, 0.15) is 10.8 Å². The minimum atomic E-state index is -0.318. The van der Waals surface area contributed by atoms with Crippen LogP contribution in [0, 0.1) is 5.92 Å². The number of anilines is 1. The molecule has 1 unspecified atom stereocenters. The van der Waals surface area contributed by atoms with E-state index in [9.17, 15) is 9.59 Å². The maximum absolute atomic E-state index is 13.1. The maximum atomic E-state index is 13.1. The molecule has 10 heteroatoms. The van der Waals surface area contributed by atoms with Crippen LogP contribution in [0.2, 0.25) is 0 Å². The Labute approximate surface area is 173 Å². The van der Waals surface area contributed by atoms with Gasteiger partial charge >= 0.3 is 0 Å². The smallest absolute Gasteiger partial charge is 0.229 e. The van der Waals surface area contributed by atoms with Crippen molar-refractivity contribution in [3.8, 4) is 0 Å². The number of aromatic nitrogens is 5. The Bertz CT molecular complexity index is 909. The van der Waals surface area contributed by atoms with Gasteiger partial charge in [-0.2, -0.15) is 5.10 Å². The number of hydrogen-bond donors (Lipinski definition) is 0. The quantitative estimate of drug-likeness (QED) is 0.732. The van der Waals surface area contributed by atoms with Crippen LogP contribution in [0.3, 0.4) is 0 Å². The van der Waals surface area contributed by atoms with Crippen LogP contribution in [0.15, 0.2) is 0 Å². The van der Waals surface area contributed by atoms with Gasteiger partial charge in [-0.3, -0.25) is 14.5 Å². The molecule has 2 aromatic heterocycles. The lowest BCUT2D eigenvalue weighted by Crippen LogP contribution is -2.39. The molecule has 154 valence electrons. The molecular weight excluding hydrogens is 390 g/mol. The third-order valence-corrected chi connectivity index (χ3v) is 6.84. The molecule has 1 atom stereocenters. The zero-order valence-corrected chi connectivity index (χ0v) is 17.4. The molecule has 2 amide bonds. The molecule has 0 radical (unpaired) electrons. The van der Waals surface area contributed by atoms with Gasteiger partial charge in [-0.15, -0.1) is 10.2 Å². The first-order valence-corrected chi connectivity index (χ1v) is 11.3. The molecule has 5 rings (SSSR count). The fourth-order valence-electron chi connectivity index (χ4n) is 4.04. The van der Waals surface area contributed by atoms with Crippen molar-refractivity contribution in [3.63, 3.8) is 0 Å². The number of fused-ring (bicyclic) bond motifs is 1. The van der Waals surface area contributed by atoms with Crippen molar-refractivity contribution in [1.82, 2.24) is 29.9 Å². The normalized spacial score (nSPS) is 22.1. The minimum absolute atomic E-state index is 0.0407. The molecule has 9 nitrogen and oxygen atoms in total. The van der Waals surface area contributed by atoms with Crippen molar-refractivity contribution in [3.05, 3.63) is 16.7 Å². The SMILES string of the molecule is CCCc1nnc(N2CC(C(=O)N3CCc4nc(C5CC5)nn4CC3)CC2=O)s1. The molecule has 2 aromatic rings. The van der Waals surface area contributed by atoms with E-state index < -0.39 is 0 Å². The standard InChI is InChI=1S/C19H25N7O2S/c1-2-3-15-21-22-19(29-15)25-11-13(10-16(25)27)18(28)24-7-6-14-20-17(12-4-5-12)23-26(14)9-8-24/h12-13H,2-11H2,1H3. The predicted octanol–water partition coefficient (Wildman–Crippen LogP) is 1.40. The lowest BCUT2D eigenvalue weighted by atomic mass is 10.1. The van der Waals surface area contributed by atoms with Crippen molar-refractivity contribution in [2.45, 2.75) is 57.9 Å². The molecule has 29 heavy (non-hydrogen) atoms. The first-order chi connectivity index (χ1) is 14.1. The fraction of sp³-hybridized carbons (Fsp3) is 0.684. The lowest BCUT2D eigenvalue weighted by Gasteiger charge is -2.23. The predicted molar refractivity (Wildman–Crippen MR) is 107 cm³/mol. The van der Waals surface area contributed by atoms with E-state index in [0.29, 0.717) is 43.6 Å². The average molecular weight is 416 g/mol. The van der Waals surface area contributed by atoms with Gasteiger partial charge in [0.25, 0.3) is 0 Å². The van der Waals surface area contributed by atoms with E-state index in [-0.39, 0.29) is 24.2 Å². The Balaban J connectivity index is 1.22. The summed E-state index contributed by atoms with van der Waals surface area (Å²) in [5.74, 6) is 2.18. The second-order valence-electron chi connectivity index (χ2n) is 8.09. The van der Waals surface area contributed by atoms with E-state index in [2.05, 4.69) is 27.2 Å². The van der Waals surface area contributed by atoms with Gasteiger partial charge in [0, 0.05) is 44.8 Å². The van der Waals surface area contributed by atoms with Gasteiger partial charge in [-0.1, -0.05) is 18.3 Å². The number of rotatable bonds is 5. The molecule has 1 saturated carbocycles. The summed E-state index contributed by atoms with van der Waals surface area (Å²) in [6, 6.07) is 0. The monoisotopic (exact) mass is 415 g/mol. The average Bonchev–Trinajstić information content (AvgIpc) is 3.22. The number of aryl methyl sites for hydroxylation is 1. The van der Waals surface area contributed by atoms with Crippen LogP contribution in [0.5, 0.6) is 0 Å². The highest BCUT2D eigenvalue weighted by molar-refractivity contribution is 7.15. The molecule has 0 N–H and O–H groups in total. The number of carbonyl (C=O) groups is 2. The van der Waals surface area contributed by atoms with Crippen LogP contribution in [-0.4, -0.2) is 61.3 Å². The molecule has 2 aliphatic heterocycles. The molecule has 1 aliphatic carbocycles. The van der Waals surface area contributed by atoms with Crippen molar-refractivity contribution in [1.29, 1.82) is 0 Å². The zero-order chi connectivity index (χ0) is 20.0. The van der Waals surface area contributed by atoms with E-state index in [1.807, 2.05) is 9.58 Å². The van der Waals surface area contributed by atoms with Gasteiger partial charge in [-0.05, 0) is 19.3 Å². The second kappa shape index (κ2) is 7.47. The van der Waals surface area contributed by atoms with Crippen LogP contribution in [0.1, 0.15) is 55.2 Å². The zero-order valence-electron chi connectivity index (χ0n) is 16.6. The van der Waals surface area contributed by atoms with E-state index in [1.54, 1.807) is 4.90 Å². The summed E-state index contributed by atoms with van der Waals surface area (Å²) in [7, 11) is 0. The summed E-state index contributed by atoms with van der Waals surface area (Å²) in [4.78, 5) is 33.8. The van der Waals surface area contributed by atoms with Gasteiger partial charge in [-0.25, -0.2) is 9.67 Å². The highest BCUT2D eigenvalue weighted by Gasteiger charge is 2.39. The summed E-state index contributed by atoms with van der Waals surface area (Å²) in [5, 5.41) is 14.5. The van der Waals surface area contributed by atoms with Crippen LogP contribution < -0.4 is 4.90 Å². The maximum Gasteiger partial charge on any atom is 0.229 e. The van der Waals surface area contributed by atoms with Crippen molar-refractivity contribution >= 4 is 28.3 Å². The van der Waals surface area contributed by atoms with Crippen LogP contribution in [0.25, 0.3) is 0 Å². The first kappa shape index (κ1) is 18.7. The topological polar surface area (TPSA) is 97.1 Å². The summed E-state index contributed by atoms with van der Waals surface area (Å²) >= 11 is 1.45. The number of carbonyl (C=O) groups excluding carboxylic acids is 2. The molecule has 2 fully saturated rings. The summed E-state index contributed by atoms with van der Waals surface area (Å²) < 4.78 is 1.96. The van der Waals surface area contributed by atoms with Crippen molar-refractivity contribution in [2.75, 3.05) is 24.5 Å². The molecule has 1 saturated heterocycles. The summed E-state index contributed by atoms with van der Waals surface area (Å²) in [5.41, 5.74) is 0. The largest absolute Gasteiger partial charge is 0.340 e. The van der Waals surface area contributed by atoms with Crippen LogP contribution >= 0.6 is 11.3 Å². The van der Waals surface area contributed by atoms with Gasteiger partial charge in [0.15, 0.2) is 5.82 Å². The summed E-state index contributed by atoms with van der Waals surface area (Å²) in [6.45, 7) is 4.40. The molecule has 0 spiro atoms. The Morgan fingerprint density at radius 2 is 2.07 bits per heavy atom. The third-order valence-electron chi connectivity index (χ3n) is 5.83. The van der Waals surface area contributed by atoms with Crippen molar-refractivity contribution < 1.29 is 9.59 Å². The number of amides is 2. The van der Waals surface area contributed by atoms with Crippen LogP contribution in [0.4, 0.5) is 5.13 Å². The minimum Gasteiger partial charge on any atom is -0.340 e. The molecule has 0 aromatic carbocycles. The highest BCUT2D eigenvalue weighted by atomic mass is 32.1.